The number of hydrogen-bond acceptors (Lipinski definition) is 4. The Hall–Kier alpha value is -3.39. The van der Waals surface area contributed by atoms with Crippen LogP contribution in [0.2, 0.25) is 0 Å². The van der Waals surface area contributed by atoms with Crippen molar-refractivity contribution in [2.24, 2.45) is 7.05 Å². The Kier molecular flexibility index (Phi) is 4.71. The standard InChI is InChI=1S/C21H16FN3O3S/c1-13-18(20(27)25(23(13)2)16-6-4-3-5-7-16)24-19(26)17(29-21(24)28)12-14-8-10-15(22)11-9-14/h3-12H,1-2H3/b17-12-. The van der Waals surface area contributed by atoms with Crippen LogP contribution < -0.4 is 10.5 Å². The Labute approximate surface area is 169 Å². The smallest absolute Gasteiger partial charge is 0.283 e. The number of halogens is 1. The van der Waals surface area contributed by atoms with Crippen LogP contribution >= 0.6 is 11.8 Å². The highest BCUT2D eigenvalue weighted by molar-refractivity contribution is 8.19. The van der Waals surface area contributed by atoms with E-state index in [1.54, 1.807) is 42.9 Å². The third kappa shape index (κ3) is 3.21. The minimum absolute atomic E-state index is 0.0290. The van der Waals surface area contributed by atoms with Gasteiger partial charge in [0.05, 0.1) is 16.3 Å². The highest BCUT2D eigenvalue weighted by atomic mass is 32.2. The molecule has 8 heteroatoms. The van der Waals surface area contributed by atoms with Gasteiger partial charge < -0.3 is 0 Å². The Bertz CT molecular complexity index is 1210. The number of carbonyl (C=O) groups is 2. The molecule has 6 nitrogen and oxygen atoms in total. The number of nitrogens with zero attached hydrogens (tertiary/aromatic N) is 3. The van der Waals surface area contributed by atoms with E-state index in [9.17, 15) is 18.8 Å². The normalized spacial score (nSPS) is 15.6. The van der Waals surface area contributed by atoms with Gasteiger partial charge in [0.1, 0.15) is 11.5 Å². The molecule has 4 rings (SSSR count). The summed E-state index contributed by atoms with van der Waals surface area (Å²) in [4.78, 5) is 39.8. The zero-order chi connectivity index (χ0) is 20.7. The summed E-state index contributed by atoms with van der Waals surface area (Å²) in [5.74, 6) is -0.966. The molecule has 0 aliphatic carbocycles. The summed E-state index contributed by atoms with van der Waals surface area (Å²) in [5, 5.41) is -0.547. The first-order chi connectivity index (χ1) is 13.9. The van der Waals surface area contributed by atoms with Gasteiger partial charge in [-0.25, -0.2) is 14.0 Å². The summed E-state index contributed by atoms with van der Waals surface area (Å²) in [6.07, 6.45) is 1.51. The molecule has 0 saturated carbocycles. The first-order valence-electron chi connectivity index (χ1n) is 8.76. The van der Waals surface area contributed by atoms with Crippen LogP contribution in [0.1, 0.15) is 11.3 Å². The number of rotatable bonds is 3. The van der Waals surface area contributed by atoms with Gasteiger partial charge >= 0.3 is 0 Å². The number of para-hydroxylation sites is 1. The molecule has 1 aliphatic heterocycles. The highest BCUT2D eigenvalue weighted by Crippen LogP contribution is 2.36. The Morgan fingerprint density at radius 1 is 0.966 bits per heavy atom. The summed E-state index contributed by atoms with van der Waals surface area (Å²) in [6, 6.07) is 14.6. The molecule has 1 aliphatic rings. The van der Waals surface area contributed by atoms with Crippen LogP contribution in [0.15, 0.2) is 64.3 Å². The Balaban J connectivity index is 1.78. The molecule has 29 heavy (non-hydrogen) atoms. The SMILES string of the molecule is Cc1c(N2C(=O)S/C(=C\c3ccc(F)cc3)C2=O)c(=O)n(-c2ccccc2)n1C. The van der Waals surface area contributed by atoms with Gasteiger partial charge in [-0.3, -0.25) is 19.1 Å². The molecule has 0 atom stereocenters. The Morgan fingerprint density at radius 3 is 2.28 bits per heavy atom. The summed E-state index contributed by atoms with van der Waals surface area (Å²) in [6.45, 7) is 1.68. The number of benzene rings is 2. The van der Waals surface area contributed by atoms with E-state index in [1.807, 2.05) is 6.07 Å². The molecule has 3 aromatic rings. The quantitative estimate of drug-likeness (QED) is 0.616. The van der Waals surface area contributed by atoms with E-state index in [-0.39, 0.29) is 10.6 Å². The molecule has 0 radical (unpaired) electrons. The molecule has 0 N–H and O–H groups in total. The van der Waals surface area contributed by atoms with Gasteiger partial charge in [-0.15, -0.1) is 0 Å². The largest absolute Gasteiger partial charge is 0.298 e. The molecule has 2 amide bonds. The second kappa shape index (κ2) is 7.21. The van der Waals surface area contributed by atoms with E-state index in [0.717, 1.165) is 16.7 Å². The topological polar surface area (TPSA) is 64.3 Å². The zero-order valence-electron chi connectivity index (χ0n) is 15.6. The minimum atomic E-state index is -0.574. The fourth-order valence-electron chi connectivity index (χ4n) is 3.18. The number of hydrogen-bond donors (Lipinski definition) is 0. The maximum absolute atomic E-state index is 13.1. The number of anilines is 1. The molecule has 2 aromatic carbocycles. The van der Waals surface area contributed by atoms with E-state index in [0.29, 0.717) is 16.9 Å². The number of thioether (sulfide) groups is 1. The van der Waals surface area contributed by atoms with Crippen LogP contribution in [-0.4, -0.2) is 20.5 Å². The van der Waals surface area contributed by atoms with Crippen molar-refractivity contribution in [2.75, 3.05) is 4.90 Å². The predicted octanol–water partition coefficient (Wildman–Crippen LogP) is 3.86. The molecule has 0 unspecified atom stereocenters. The average molecular weight is 409 g/mol. The maximum atomic E-state index is 13.1. The summed E-state index contributed by atoms with van der Waals surface area (Å²) < 4.78 is 16.1. The van der Waals surface area contributed by atoms with Crippen molar-refractivity contribution in [3.63, 3.8) is 0 Å². The van der Waals surface area contributed by atoms with Crippen LogP contribution in [0.4, 0.5) is 14.9 Å². The van der Waals surface area contributed by atoms with Crippen molar-refractivity contribution in [1.29, 1.82) is 0 Å². The lowest BCUT2D eigenvalue weighted by Gasteiger charge is -2.10. The van der Waals surface area contributed by atoms with Crippen molar-refractivity contribution in [1.82, 2.24) is 9.36 Å². The molecule has 1 saturated heterocycles. The Morgan fingerprint density at radius 2 is 1.62 bits per heavy atom. The summed E-state index contributed by atoms with van der Waals surface area (Å²) in [7, 11) is 1.70. The van der Waals surface area contributed by atoms with E-state index < -0.39 is 22.5 Å². The van der Waals surface area contributed by atoms with E-state index >= 15 is 0 Å². The lowest BCUT2D eigenvalue weighted by molar-refractivity contribution is -0.113. The molecule has 146 valence electrons. The van der Waals surface area contributed by atoms with Gasteiger partial charge in [-0.1, -0.05) is 30.3 Å². The third-order valence-electron chi connectivity index (χ3n) is 4.71. The van der Waals surface area contributed by atoms with Crippen LogP contribution in [0.5, 0.6) is 0 Å². The van der Waals surface area contributed by atoms with E-state index in [2.05, 4.69) is 0 Å². The molecule has 0 bridgehead atoms. The molecular weight excluding hydrogens is 393 g/mol. The van der Waals surface area contributed by atoms with Gasteiger partial charge in [0.25, 0.3) is 16.7 Å². The summed E-state index contributed by atoms with van der Waals surface area (Å²) >= 11 is 0.751. The van der Waals surface area contributed by atoms with Gasteiger partial charge in [-0.2, -0.15) is 0 Å². The predicted molar refractivity (Wildman–Crippen MR) is 111 cm³/mol. The lowest BCUT2D eigenvalue weighted by atomic mass is 10.2. The fraction of sp³-hybridized carbons (Fsp3) is 0.0952. The highest BCUT2D eigenvalue weighted by Gasteiger charge is 2.40. The zero-order valence-corrected chi connectivity index (χ0v) is 16.4. The van der Waals surface area contributed by atoms with Crippen LogP contribution in [0.3, 0.4) is 0 Å². The van der Waals surface area contributed by atoms with Crippen molar-refractivity contribution >= 4 is 34.7 Å². The fourth-order valence-corrected chi connectivity index (χ4v) is 4.01. The number of amides is 2. The molecule has 1 fully saturated rings. The molecule has 1 aromatic heterocycles. The van der Waals surface area contributed by atoms with Crippen molar-refractivity contribution < 1.29 is 14.0 Å². The molecule has 0 spiro atoms. The number of aromatic nitrogens is 2. The molecule has 2 heterocycles. The van der Waals surface area contributed by atoms with Gasteiger partial charge in [0.15, 0.2) is 0 Å². The van der Waals surface area contributed by atoms with Crippen LogP contribution in [0.25, 0.3) is 11.8 Å². The van der Waals surface area contributed by atoms with Gasteiger partial charge in [0.2, 0.25) is 0 Å². The number of carbonyl (C=O) groups excluding carboxylic acids is 2. The van der Waals surface area contributed by atoms with Gasteiger partial charge in [-0.05, 0) is 54.6 Å². The second-order valence-corrected chi connectivity index (χ2v) is 7.47. The van der Waals surface area contributed by atoms with Crippen molar-refractivity contribution in [2.45, 2.75) is 6.92 Å². The minimum Gasteiger partial charge on any atom is -0.283 e. The van der Waals surface area contributed by atoms with E-state index in [1.165, 1.54) is 35.0 Å². The monoisotopic (exact) mass is 409 g/mol. The second-order valence-electron chi connectivity index (χ2n) is 6.48. The maximum Gasteiger partial charge on any atom is 0.298 e. The van der Waals surface area contributed by atoms with Crippen molar-refractivity contribution in [3.05, 3.63) is 86.9 Å². The summed E-state index contributed by atoms with van der Waals surface area (Å²) in [5.41, 5.74) is 1.28. The lowest BCUT2D eigenvalue weighted by Crippen LogP contribution is -2.33. The first kappa shape index (κ1) is 18.9. The van der Waals surface area contributed by atoms with Crippen LogP contribution in [0, 0.1) is 12.7 Å². The van der Waals surface area contributed by atoms with Gasteiger partial charge in [0, 0.05) is 7.05 Å². The first-order valence-corrected chi connectivity index (χ1v) is 9.57. The third-order valence-corrected chi connectivity index (χ3v) is 5.58. The average Bonchev–Trinajstić information content (AvgIpc) is 3.10. The number of imide groups is 1. The van der Waals surface area contributed by atoms with Crippen molar-refractivity contribution in [3.8, 4) is 5.69 Å². The molecular formula is C21H16FN3O3S. The van der Waals surface area contributed by atoms with Crippen LogP contribution in [-0.2, 0) is 11.8 Å². The van der Waals surface area contributed by atoms with E-state index in [4.69, 9.17) is 0 Å².